The van der Waals surface area contributed by atoms with Crippen molar-refractivity contribution in [3.63, 3.8) is 0 Å². The van der Waals surface area contributed by atoms with Gasteiger partial charge in [-0.25, -0.2) is 4.98 Å². The van der Waals surface area contributed by atoms with E-state index in [1.807, 2.05) is 30.3 Å². The van der Waals surface area contributed by atoms with E-state index in [1.165, 1.54) is 18.0 Å². The average Bonchev–Trinajstić information content (AvgIpc) is 3.27. The summed E-state index contributed by atoms with van der Waals surface area (Å²) in [5.74, 6) is -0.790. The van der Waals surface area contributed by atoms with Gasteiger partial charge >= 0.3 is 6.18 Å². The van der Waals surface area contributed by atoms with Crippen LogP contribution in [0.1, 0.15) is 5.76 Å². The van der Waals surface area contributed by atoms with Crippen LogP contribution in [0.3, 0.4) is 0 Å². The van der Waals surface area contributed by atoms with Crippen molar-refractivity contribution in [2.24, 2.45) is 0 Å². The maximum atomic E-state index is 12.7. The summed E-state index contributed by atoms with van der Waals surface area (Å²) in [5, 5.41) is 0.605. The number of benzene rings is 2. The molecule has 4 rings (SSSR count). The van der Waals surface area contributed by atoms with Gasteiger partial charge in [-0.15, -0.1) is 0 Å². The van der Waals surface area contributed by atoms with E-state index in [0.717, 1.165) is 16.6 Å². The number of H-pyrrole nitrogens is 1. The maximum absolute atomic E-state index is 12.7. The molecule has 2 heterocycles. The zero-order chi connectivity index (χ0) is 19.0. The van der Waals surface area contributed by atoms with Gasteiger partial charge in [-0.2, -0.15) is 13.2 Å². The van der Waals surface area contributed by atoms with Gasteiger partial charge in [0.15, 0.2) is 11.6 Å². The van der Waals surface area contributed by atoms with Crippen molar-refractivity contribution in [1.29, 1.82) is 0 Å². The van der Waals surface area contributed by atoms with E-state index >= 15 is 0 Å². The summed E-state index contributed by atoms with van der Waals surface area (Å²) in [4.78, 5) is 8.15. The fraction of sp³-hybridized carbons (Fsp3) is 0.0556. The second-order valence-electron chi connectivity index (χ2n) is 5.61. The first kappa shape index (κ1) is 17.8. The first-order valence-electron chi connectivity index (χ1n) is 7.75. The highest BCUT2D eigenvalue weighted by molar-refractivity contribution is 8.00. The molecule has 0 amide bonds. The number of fused-ring (bicyclic) bond motifs is 1. The van der Waals surface area contributed by atoms with E-state index in [9.17, 15) is 13.2 Å². The molecule has 0 aliphatic rings. The van der Waals surface area contributed by atoms with E-state index in [4.69, 9.17) is 16.0 Å². The number of halogens is 4. The van der Waals surface area contributed by atoms with Crippen LogP contribution < -0.4 is 4.72 Å². The van der Waals surface area contributed by atoms with Crippen molar-refractivity contribution in [1.82, 2.24) is 9.97 Å². The van der Waals surface area contributed by atoms with E-state index in [2.05, 4.69) is 14.7 Å². The molecule has 9 heteroatoms. The van der Waals surface area contributed by atoms with Crippen LogP contribution in [0.25, 0.3) is 22.6 Å². The molecule has 138 valence electrons. The molecule has 0 bridgehead atoms. The van der Waals surface area contributed by atoms with Crippen molar-refractivity contribution in [2.75, 3.05) is 4.72 Å². The van der Waals surface area contributed by atoms with Gasteiger partial charge in [-0.3, -0.25) is 0 Å². The molecule has 0 spiro atoms. The van der Waals surface area contributed by atoms with E-state index in [0.29, 0.717) is 16.1 Å². The van der Waals surface area contributed by atoms with Crippen molar-refractivity contribution in [3.8, 4) is 11.6 Å². The number of aromatic nitrogens is 2. The Hall–Kier alpha value is -2.58. The summed E-state index contributed by atoms with van der Waals surface area (Å²) in [5.41, 5.74) is 2.09. The van der Waals surface area contributed by atoms with Crippen LogP contribution in [0, 0.1) is 0 Å². The molecule has 0 radical (unpaired) electrons. The second kappa shape index (κ2) is 6.86. The Morgan fingerprint density at radius 3 is 2.63 bits per heavy atom. The average molecular weight is 410 g/mol. The third-order valence-electron chi connectivity index (χ3n) is 3.72. The first-order chi connectivity index (χ1) is 12.9. The molecular weight excluding hydrogens is 399 g/mol. The number of hydrogen-bond acceptors (Lipinski definition) is 4. The molecular formula is C18H11ClF3N3OS. The van der Waals surface area contributed by atoms with Crippen molar-refractivity contribution >= 4 is 40.3 Å². The molecule has 2 aromatic carbocycles. The summed E-state index contributed by atoms with van der Waals surface area (Å²) in [6, 6.07) is 15.0. The number of aromatic amines is 1. The van der Waals surface area contributed by atoms with E-state index in [1.54, 1.807) is 12.1 Å². The number of alkyl halides is 3. The van der Waals surface area contributed by atoms with Crippen LogP contribution >= 0.6 is 23.5 Å². The fourth-order valence-corrected chi connectivity index (χ4v) is 3.40. The standard InChI is InChI=1S/C18H11ClF3N3OS/c19-11-3-1-2-4-12(11)25-27-10-5-6-13-14(9-10)24-17(23-13)15-7-8-16(26-15)18(20,21)22/h1-9,25H,(H,23,24). The number of anilines is 1. The molecule has 0 aliphatic carbocycles. The summed E-state index contributed by atoms with van der Waals surface area (Å²) in [6.45, 7) is 0. The summed E-state index contributed by atoms with van der Waals surface area (Å²) < 4.78 is 46.1. The molecule has 0 saturated carbocycles. The van der Waals surface area contributed by atoms with Gasteiger partial charge < -0.3 is 14.1 Å². The Kier molecular flexibility index (Phi) is 4.53. The van der Waals surface area contributed by atoms with E-state index < -0.39 is 11.9 Å². The Bertz CT molecular complexity index is 1110. The van der Waals surface area contributed by atoms with Gasteiger partial charge in [0.2, 0.25) is 5.76 Å². The monoisotopic (exact) mass is 409 g/mol. The minimum atomic E-state index is -4.53. The highest BCUT2D eigenvalue weighted by Gasteiger charge is 2.35. The predicted molar refractivity (Wildman–Crippen MR) is 99.7 cm³/mol. The maximum Gasteiger partial charge on any atom is 0.449 e. The summed E-state index contributed by atoms with van der Waals surface area (Å²) in [7, 11) is 0. The number of hydrogen-bond donors (Lipinski definition) is 2. The van der Waals surface area contributed by atoms with Crippen LogP contribution in [-0.2, 0) is 6.18 Å². The van der Waals surface area contributed by atoms with Gasteiger partial charge in [0.1, 0.15) is 0 Å². The highest BCUT2D eigenvalue weighted by Crippen LogP contribution is 2.34. The molecule has 0 atom stereocenters. The van der Waals surface area contributed by atoms with Gasteiger partial charge in [-0.05, 0) is 54.4 Å². The lowest BCUT2D eigenvalue weighted by Gasteiger charge is -2.06. The number of furan rings is 1. The van der Waals surface area contributed by atoms with Crippen molar-refractivity contribution in [3.05, 3.63) is 65.4 Å². The zero-order valence-electron chi connectivity index (χ0n) is 13.5. The largest absolute Gasteiger partial charge is 0.449 e. The minimum Gasteiger partial charge on any atom is -0.448 e. The van der Waals surface area contributed by atoms with Gasteiger partial charge in [-0.1, -0.05) is 23.7 Å². The van der Waals surface area contributed by atoms with Crippen LogP contribution in [0.4, 0.5) is 18.9 Å². The van der Waals surface area contributed by atoms with E-state index in [-0.39, 0.29) is 11.6 Å². The second-order valence-corrected chi connectivity index (χ2v) is 6.90. The van der Waals surface area contributed by atoms with Gasteiger partial charge in [0.25, 0.3) is 0 Å². The Morgan fingerprint density at radius 1 is 1.07 bits per heavy atom. The summed E-state index contributed by atoms with van der Waals surface area (Å²) >= 11 is 7.47. The molecule has 27 heavy (non-hydrogen) atoms. The lowest BCUT2D eigenvalue weighted by atomic mass is 10.3. The molecule has 0 fully saturated rings. The van der Waals surface area contributed by atoms with Gasteiger partial charge in [0, 0.05) is 4.90 Å². The fourth-order valence-electron chi connectivity index (χ4n) is 2.44. The minimum absolute atomic E-state index is 0.0296. The van der Waals surface area contributed by atoms with Crippen LogP contribution in [0.5, 0.6) is 0 Å². The van der Waals surface area contributed by atoms with Crippen molar-refractivity contribution in [2.45, 2.75) is 11.1 Å². The zero-order valence-corrected chi connectivity index (χ0v) is 15.0. The molecule has 0 saturated heterocycles. The van der Waals surface area contributed by atoms with Gasteiger partial charge in [0.05, 0.1) is 21.7 Å². The Morgan fingerprint density at radius 2 is 1.89 bits per heavy atom. The number of para-hydroxylation sites is 1. The number of nitrogens with one attached hydrogen (secondary N) is 2. The molecule has 2 aromatic heterocycles. The molecule has 4 nitrogen and oxygen atoms in total. The quantitative estimate of drug-likeness (QED) is 0.372. The molecule has 0 unspecified atom stereocenters. The molecule has 2 N–H and O–H groups in total. The Balaban J connectivity index is 1.57. The van der Waals surface area contributed by atoms with Crippen LogP contribution in [-0.4, -0.2) is 9.97 Å². The van der Waals surface area contributed by atoms with Crippen molar-refractivity contribution < 1.29 is 17.6 Å². The number of imidazole rings is 1. The lowest BCUT2D eigenvalue weighted by Crippen LogP contribution is -2.01. The molecule has 0 aliphatic heterocycles. The topological polar surface area (TPSA) is 53.9 Å². The highest BCUT2D eigenvalue weighted by atomic mass is 35.5. The number of rotatable bonds is 4. The molecule has 4 aromatic rings. The third-order valence-corrected chi connectivity index (χ3v) is 4.87. The summed E-state index contributed by atoms with van der Waals surface area (Å²) in [6.07, 6.45) is -4.53. The third kappa shape index (κ3) is 3.77. The first-order valence-corrected chi connectivity index (χ1v) is 8.94. The normalized spacial score (nSPS) is 11.9. The lowest BCUT2D eigenvalue weighted by molar-refractivity contribution is -0.152. The van der Waals surface area contributed by atoms with Crippen LogP contribution in [0.15, 0.2) is 63.9 Å². The SMILES string of the molecule is FC(F)(F)c1ccc(-c2nc3ccc(SNc4ccccc4Cl)cc3[nH]2)o1. The Labute approximate surface area is 160 Å². The predicted octanol–water partition coefficient (Wildman–Crippen LogP) is 6.61. The van der Waals surface area contributed by atoms with Crippen LogP contribution in [0.2, 0.25) is 5.02 Å². The number of nitrogens with zero attached hydrogens (tertiary/aromatic N) is 1. The smallest absolute Gasteiger partial charge is 0.448 e.